The molecule has 3 fully saturated rings. The smallest absolute Gasteiger partial charge is 0.191 e. The van der Waals surface area contributed by atoms with Crippen LogP contribution in [-0.4, -0.2) is 61.8 Å². The van der Waals surface area contributed by atoms with E-state index in [9.17, 15) is 0 Å². The number of aliphatic imine (C=N–C) groups is 1. The third-order valence-corrected chi connectivity index (χ3v) is 7.77. The van der Waals surface area contributed by atoms with E-state index in [1.165, 1.54) is 58.0 Å². The number of guanidine groups is 1. The summed E-state index contributed by atoms with van der Waals surface area (Å²) in [7, 11) is 3.71. The first-order valence-corrected chi connectivity index (χ1v) is 10.7. The molecular weight excluding hydrogens is 451 g/mol. The van der Waals surface area contributed by atoms with Crippen LogP contribution in [0.2, 0.25) is 0 Å². The van der Waals surface area contributed by atoms with Crippen molar-refractivity contribution in [3.05, 3.63) is 0 Å². The Morgan fingerprint density at radius 3 is 2.15 bits per heavy atom. The standard InChI is InChI=1S/C21H40N4O.HI/c1-20(2)18(15-21(20,3)26-5)24-19(22-4)23-16-11-13-25(14-12-16)17-9-7-6-8-10-17;/h16-18H,6-15H2,1-5H3,(H2,22,23,24);1H. The van der Waals surface area contributed by atoms with E-state index in [2.05, 4.69) is 41.3 Å². The van der Waals surface area contributed by atoms with Crippen LogP contribution < -0.4 is 10.6 Å². The van der Waals surface area contributed by atoms with Gasteiger partial charge in [-0.05, 0) is 39.0 Å². The molecule has 6 heteroatoms. The molecule has 0 spiro atoms. The van der Waals surface area contributed by atoms with Crippen LogP contribution in [0, 0.1) is 5.41 Å². The van der Waals surface area contributed by atoms with E-state index in [4.69, 9.17) is 4.74 Å². The number of ether oxygens (including phenoxy) is 1. The number of rotatable bonds is 4. The number of piperidine rings is 1. The van der Waals surface area contributed by atoms with Crippen molar-refractivity contribution in [1.82, 2.24) is 15.5 Å². The zero-order chi connectivity index (χ0) is 18.8. The Labute approximate surface area is 183 Å². The molecule has 2 aliphatic carbocycles. The Balaban J connectivity index is 0.00000261. The molecule has 0 aromatic rings. The lowest BCUT2D eigenvalue weighted by atomic mass is 9.56. The molecule has 3 rings (SSSR count). The van der Waals surface area contributed by atoms with E-state index in [0.29, 0.717) is 12.1 Å². The lowest BCUT2D eigenvalue weighted by Crippen LogP contribution is -2.69. The van der Waals surface area contributed by atoms with Crippen molar-refractivity contribution in [1.29, 1.82) is 0 Å². The quantitative estimate of drug-likeness (QED) is 0.357. The molecule has 0 bridgehead atoms. The van der Waals surface area contributed by atoms with Gasteiger partial charge in [-0.25, -0.2) is 0 Å². The first-order valence-electron chi connectivity index (χ1n) is 10.7. The van der Waals surface area contributed by atoms with E-state index in [0.717, 1.165) is 18.4 Å². The Hall–Kier alpha value is -0.0800. The highest BCUT2D eigenvalue weighted by Gasteiger charge is 2.58. The Morgan fingerprint density at radius 1 is 1.00 bits per heavy atom. The molecule has 2 N–H and O–H groups in total. The van der Waals surface area contributed by atoms with Crippen LogP contribution in [0.1, 0.15) is 72.1 Å². The normalized spacial score (nSPS) is 33.1. The molecule has 0 aromatic heterocycles. The first kappa shape index (κ1) is 23.2. The van der Waals surface area contributed by atoms with Crippen LogP contribution >= 0.6 is 24.0 Å². The van der Waals surface area contributed by atoms with Gasteiger partial charge in [-0.15, -0.1) is 24.0 Å². The molecule has 0 amide bonds. The maximum Gasteiger partial charge on any atom is 0.191 e. The highest BCUT2D eigenvalue weighted by atomic mass is 127. The van der Waals surface area contributed by atoms with Crippen LogP contribution in [0.3, 0.4) is 0 Å². The summed E-state index contributed by atoms with van der Waals surface area (Å²) in [5, 5.41) is 7.33. The first-order chi connectivity index (χ1) is 12.4. The van der Waals surface area contributed by atoms with E-state index >= 15 is 0 Å². The second-order valence-corrected chi connectivity index (χ2v) is 9.38. The van der Waals surface area contributed by atoms with Gasteiger partial charge in [-0.3, -0.25) is 4.99 Å². The molecule has 2 saturated carbocycles. The number of nitrogens with zero attached hydrogens (tertiary/aromatic N) is 2. The Kier molecular flexibility index (Phi) is 8.26. The highest BCUT2D eigenvalue weighted by Crippen LogP contribution is 2.51. The van der Waals surface area contributed by atoms with E-state index in [1.54, 1.807) is 0 Å². The fraction of sp³-hybridized carbons (Fsp3) is 0.952. The van der Waals surface area contributed by atoms with Gasteiger partial charge in [-0.2, -0.15) is 0 Å². The summed E-state index contributed by atoms with van der Waals surface area (Å²) in [6.07, 6.45) is 10.6. The molecule has 5 nitrogen and oxygen atoms in total. The van der Waals surface area contributed by atoms with Crippen molar-refractivity contribution in [2.45, 2.75) is 95.9 Å². The van der Waals surface area contributed by atoms with E-state index < -0.39 is 0 Å². The molecule has 158 valence electrons. The van der Waals surface area contributed by atoms with Gasteiger partial charge in [0.2, 0.25) is 0 Å². The molecule has 1 aliphatic heterocycles. The molecule has 1 heterocycles. The molecule has 2 atom stereocenters. The average Bonchev–Trinajstić information content (AvgIpc) is 2.67. The maximum absolute atomic E-state index is 5.75. The zero-order valence-corrected chi connectivity index (χ0v) is 20.3. The summed E-state index contributed by atoms with van der Waals surface area (Å²) >= 11 is 0. The van der Waals surface area contributed by atoms with Crippen molar-refractivity contribution in [3.8, 4) is 0 Å². The summed E-state index contributed by atoms with van der Waals surface area (Å²) in [5.41, 5.74) is 0.0541. The molecule has 3 aliphatic rings. The molecule has 0 radical (unpaired) electrons. The summed E-state index contributed by atoms with van der Waals surface area (Å²) in [4.78, 5) is 7.23. The predicted octanol–water partition coefficient (Wildman–Crippen LogP) is 3.77. The number of halogens is 1. The van der Waals surface area contributed by atoms with Crippen LogP contribution in [0.5, 0.6) is 0 Å². The Bertz CT molecular complexity index is 498. The molecule has 2 unspecified atom stereocenters. The van der Waals surface area contributed by atoms with Crippen molar-refractivity contribution >= 4 is 29.9 Å². The fourth-order valence-corrected chi connectivity index (χ4v) is 5.11. The molecular formula is C21H41IN4O. The number of methoxy groups -OCH3 is 1. The minimum atomic E-state index is -0.0468. The lowest BCUT2D eigenvalue weighted by molar-refractivity contribution is -0.176. The fourth-order valence-electron chi connectivity index (χ4n) is 5.11. The largest absolute Gasteiger partial charge is 0.378 e. The van der Waals surface area contributed by atoms with E-state index in [1.807, 2.05) is 14.2 Å². The Morgan fingerprint density at radius 2 is 1.63 bits per heavy atom. The summed E-state index contributed by atoms with van der Waals surface area (Å²) in [6.45, 7) is 9.25. The van der Waals surface area contributed by atoms with Gasteiger partial charge in [0.05, 0.1) is 5.60 Å². The van der Waals surface area contributed by atoms with Gasteiger partial charge < -0.3 is 20.3 Å². The number of likely N-dealkylation sites (tertiary alicyclic amines) is 1. The van der Waals surface area contributed by atoms with Crippen molar-refractivity contribution < 1.29 is 4.74 Å². The van der Waals surface area contributed by atoms with Crippen molar-refractivity contribution in [3.63, 3.8) is 0 Å². The van der Waals surface area contributed by atoms with Gasteiger partial charge >= 0.3 is 0 Å². The summed E-state index contributed by atoms with van der Waals surface area (Å²) in [6, 6.07) is 1.80. The lowest BCUT2D eigenvalue weighted by Gasteiger charge is -2.59. The van der Waals surface area contributed by atoms with E-state index in [-0.39, 0.29) is 35.0 Å². The summed E-state index contributed by atoms with van der Waals surface area (Å²) in [5.74, 6) is 0.956. The maximum atomic E-state index is 5.75. The monoisotopic (exact) mass is 492 g/mol. The van der Waals surface area contributed by atoms with Gasteiger partial charge in [0.1, 0.15) is 0 Å². The third kappa shape index (κ3) is 4.92. The van der Waals surface area contributed by atoms with Crippen LogP contribution in [0.4, 0.5) is 0 Å². The average molecular weight is 492 g/mol. The minimum absolute atomic E-state index is 0. The minimum Gasteiger partial charge on any atom is -0.378 e. The van der Waals surface area contributed by atoms with Gasteiger partial charge in [0.25, 0.3) is 0 Å². The number of nitrogens with one attached hydrogen (secondary N) is 2. The number of hydrogen-bond acceptors (Lipinski definition) is 3. The molecule has 27 heavy (non-hydrogen) atoms. The van der Waals surface area contributed by atoms with Crippen molar-refractivity contribution in [2.24, 2.45) is 10.4 Å². The van der Waals surface area contributed by atoms with Crippen molar-refractivity contribution in [2.75, 3.05) is 27.2 Å². The van der Waals surface area contributed by atoms with Crippen LogP contribution in [0.25, 0.3) is 0 Å². The summed E-state index contributed by atoms with van der Waals surface area (Å²) < 4.78 is 5.75. The second-order valence-electron chi connectivity index (χ2n) is 9.38. The van der Waals surface area contributed by atoms with Crippen LogP contribution in [-0.2, 0) is 4.74 Å². The highest BCUT2D eigenvalue weighted by molar-refractivity contribution is 14.0. The topological polar surface area (TPSA) is 48.9 Å². The zero-order valence-electron chi connectivity index (χ0n) is 18.0. The number of hydrogen-bond donors (Lipinski definition) is 2. The SMILES string of the molecule is CN=C(NC1CCN(C2CCCCC2)CC1)NC1CC(C)(OC)C1(C)C.I. The third-order valence-electron chi connectivity index (χ3n) is 7.77. The second kappa shape index (κ2) is 9.61. The van der Waals surface area contributed by atoms with Gasteiger partial charge in [0, 0.05) is 50.8 Å². The molecule has 1 saturated heterocycles. The predicted molar refractivity (Wildman–Crippen MR) is 124 cm³/mol. The van der Waals surface area contributed by atoms with Gasteiger partial charge in [-0.1, -0.05) is 33.1 Å². The van der Waals surface area contributed by atoms with Crippen LogP contribution in [0.15, 0.2) is 4.99 Å². The molecule has 0 aromatic carbocycles. The van der Waals surface area contributed by atoms with Gasteiger partial charge in [0.15, 0.2) is 5.96 Å².